The first kappa shape index (κ1) is 9.43. The molecule has 0 amide bonds. The van der Waals surface area contributed by atoms with Crippen LogP contribution < -0.4 is 5.73 Å². The van der Waals surface area contributed by atoms with Gasteiger partial charge in [0.15, 0.2) is 0 Å². The van der Waals surface area contributed by atoms with Crippen molar-refractivity contribution >= 4 is 28.9 Å². The summed E-state index contributed by atoms with van der Waals surface area (Å²) < 4.78 is 0.745. The summed E-state index contributed by atoms with van der Waals surface area (Å²) in [7, 11) is 0. The van der Waals surface area contributed by atoms with E-state index in [0.29, 0.717) is 5.95 Å². The lowest BCUT2D eigenvalue weighted by molar-refractivity contribution is 1.12. The number of hydrogen-bond donors (Lipinski definition) is 1. The second-order valence-electron chi connectivity index (χ2n) is 2.89. The minimum atomic E-state index is 0.294. The van der Waals surface area contributed by atoms with E-state index in [1.807, 2.05) is 24.4 Å². The van der Waals surface area contributed by atoms with Crippen LogP contribution in [0.25, 0.3) is 11.3 Å². The molecule has 0 saturated heterocycles. The number of anilines is 1. The summed E-state index contributed by atoms with van der Waals surface area (Å²) in [4.78, 5) is 8.14. The monoisotopic (exact) mass is 225 g/mol. The Labute approximate surface area is 90.6 Å². The Morgan fingerprint density at radius 3 is 2.71 bits per heavy atom. The van der Waals surface area contributed by atoms with Crippen LogP contribution in [0.2, 0.25) is 4.34 Å². The van der Waals surface area contributed by atoms with Crippen LogP contribution in [0.3, 0.4) is 0 Å². The molecular formula is C9H8ClN3S. The smallest absolute Gasteiger partial charge is 0.220 e. The van der Waals surface area contributed by atoms with Gasteiger partial charge in [0.25, 0.3) is 0 Å². The third-order valence-electron chi connectivity index (χ3n) is 1.73. The van der Waals surface area contributed by atoms with Gasteiger partial charge in [0.05, 0.1) is 10.0 Å². The normalized spacial score (nSPS) is 10.4. The molecular weight excluding hydrogens is 218 g/mol. The van der Waals surface area contributed by atoms with Crippen molar-refractivity contribution in [2.45, 2.75) is 6.92 Å². The van der Waals surface area contributed by atoms with Crippen LogP contribution >= 0.6 is 22.9 Å². The van der Waals surface area contributed by atoms with Crippen molar-refractivity contribution in [1.82, 2.24) is 9.97 Å². The van der Waals surface area contributed by atoms with Crippen LogP contribution in [0.15, 0.2) is 17.5 Å². The highest BCUT2D eigenvalue weighted by Crippen LogP contribution is 2.27. The fourth-order valence-electron chi connectivity index (χ4n) is 1.18. The van der Waals surface area contributed by atoms with E-state index in [0.717, 1.165) is 21.3 Å². The molecule has 2 aromatic rings. The van der Waals surface area contributed by atoms with Gasteiger partial charge in [0, 0.05) is 16.6 Å². The molecule has 0 aromatic carbocycles. The molecule has 0 spiro atoms. The number of rotatable bonds is 1. The predicted octanol–water partition coefficient (Wildman–Crippen LogP) is 2.75. The molecule has 3 nitrogen and oxygen atoms in total. The zero-order valence-corrected chi connectivity index (χ0v) is 9.06. The van der Waals surface area contributed by atoms with Crippen LogP contribution in [0.5, 0.6) is 0 Å². The van der Waals surface area contributed by atoms with Gasteiger partial charge in [0.1, 0.15) is 0 Å². The molecule has 0 aliphatic carbocycles. The molecule has 2 heterocycles. The summed E-state index contributed by atoms with van der Waals surface area (Å²) in [5, 5.41) is 1.95. The van der Waals surface area contributed by atoms with E-state index in [1.165, 1.54) is 11.3 Å². The average Bonchev–Trinajstić information content (AvgIpc) is 2.50. The zero-order valence-electron chi connectivity index (χ0n) is 7.49. The number of aryl methyl sites for hydroxylation is 1. The van der Waals surface area contributed by atoms with Crippen LogP contribution in [-0.2, 0) is 0 Å². The molecule has 0 bridgehead atoms. The number of nitrogens with zero attached hydrogens (tertiary/aromatic N) is 2. The van der Waals surface area contributed by atoms with Gasteiger partial charge in [-0.3, -0.25) is 0 Å². The van der Waals surface area contributed by atoms with E-state index in [9.17, 15) is 0 Å². The Balaban J connectivity index is 2.51. The second kappa shape index (κ2) is 3.55. The van der Waals surface area contributed by atoms with E-state index in [-0.39, 0.29) is 0 Å². The zero-order chi connectivity index (χ0) is 10.1. The lowest BCUT2D eigenvalue weighted by Crippen LogP contribution is -1.97. The van der Waals surface area contributed by atoms with Gasteiger partial charge in [-0.1, -0.05) is 11.6 Å². The van der Waals surface area contributed by atoms with Gasteiger partial charge in [-0.25, -0.2) is 9.97 Å². The molecule has 0 saturated carbocycles. The quantitative estimate of drug-likeness (QED) is 0.812. The summed E-state index contributed by atoms with van der Waals surface area (Å²) in [6, 6.07) is 3.75. The summed E-state index contributed by atoms with van der Waals surface area (Å²) in [6.45, 7) is 1.88. The van der Waals surface area contributed by atoms with Crippen molar-refractivity contribution in [3.8, 4) is 11.3 Å². The maximum atomic E-state index is 5.83. The molecule has 2 aromatic heterocycles. The van der Waals surface area contributed by atoms with Gasteiger partial charge < -0.3 is 5.73 Å². The standard InChI is InChI=1S/C9H8ClN3S/c1-5-2-7(13-9(11)12-5)6-3-8(10)14-4-6/h2-4H,1H3,(H2,11,12,13). The fraction of sp³-hybridized carbons (Fsp3) is 0.111. The first-order chi connectivity index (χ1) is 6.65. The highest BCUT2D eigenvalue weighted by atomic mass is 35.5. The van der Waals surface area contributed by atoms with Crippen LogP contribution in [0.4, 0.5) is 5.95 Å². The van der Waals surface area contributed by atoms with E-state index in [4.69, 9.17) is 17.3 Å². The lowest BCUT2D eigenvalue weighted by Gasteiger charge is -1.99. The maximum Gasteiger partial charge on any atom is 0.220 e. The van der Waals surface area contributed by atoms with E-state index in [2.05, 4.69) is 9.97 Å². The van der Waals surface area contributed by atoms with Crippen LogP contribution in [0.1, 0.15) is 5.69 Å². The summed E-state index contributed by atoms with van der Waals surface area (Å²) in [5.74, 6) is 0.294. The highest BCUT2D eigenvalue weighted by Gasteiger charge is 2.04. The van der Waals surface area contributed by atoms with Gasteiger partial charge in [-0.15, -0.1) is 11.3 Å². The van der Waals surface area contributed by atoms with Gasteiger partial charge in [-0.05, 0) is 19.1 Å². The fourth-order valence-corrected chi connectivity index (χ4v) is 2.06. The Kier molecular flexibility index (Phi) is 2.39. The van der Waals surface area contributed by atoms with Gasteiger partial charge >= 0.3 is 0 Å². The van der Waals surface area contributed by atoms with Crippen molar-refractivity contribution in [1.29, 1.82) is 0 Å². The van der Waals surface area contributed by atoms with E-state index < -0.39 is 0 Å². The second-order valence-corrected chi connectivity index (χ2v) is 4.43. The Morgan fingerprint density at radius 2 is 2.14 bits per heavy atom. The molecule has 0 atom stereocenters. The predicted molar refractivity (Wildman–Crippen MR) is 59.5 cm³/mol. The molecule has 0 unspecified atom stereocenters. The average molecular weight is 226 g/mol. The topological polar surface area (TPSA) is 51.8 Å². The summed E-state index contributed by atoms with van der Waals surface area (Å²) >= 11 is 7.31. The van der Waals surface area contributed by atoms with Gasteiger partial charge in [0.2, 0.25) is 5.95 Å². The first-order valence-electron chi connectivity index (χ1n) is 4.01. The van der Waals surface area contributed by atoms with Crippen LogP contribution in [-0.4, -0.2) is 9.97 Å². The molecule has 2 rings (SSSR count). The Morgan fingerprint density at radius 1 is 1.36 bits per heavy atom. The van der Waals surface area contributed by atoms with Crippen molar-refractivity contribution < 1.29 is 0 Å². The Bertz CT molecular complexity index is 447. The number of thiophene rings is 1. The molecule has 0 aliphatic rings. The Hall–Kier alpha value is -1.13. The molecule has 5 heteroatoms. The van der Waals surface area contributed by atoms with Gasteiger partial charge in [-0.2, -0.15) is 0 Å². The number of nitrogen functional groups attached to an aromatic ring is 1. The molecule has 0 radical (unpaired) electrons. The molecule has 14 heavy (non-hydrogen) atoms. The van der Waals surface area contributed by atoms with Crippen molar-refractivity contribution in [2.24, 2.45) is 0 Å². The SMILES string of the molecule is Cc1cc(-c2csc(Cl)c2)nc(N)n1. The number of halogens is 1. The molecule has 0 aliphatic heterocycles. The maximum absolute atomic E-state index is 5.83. The largest absolute Gasteiger partial charge is 0.368 e. The highest BCUT2D eigenvalue weighted by molar-refractivity contribution is 7.14. The van der Waals surface area contributed by atoms with Crippen molar-refractivity contribution in [2.75, 3.05) is 5.73 Å². The minimum absolute atomic E-state index is 0.294. The number of nitrogens with two attached hydrogens (primary N) is 1. The van der Waals surface area contributed by atoms with Crippen LogP contribution in [0, 0.1) is 6.92 Å². The lowest BCUT2D eigenvalue weighted by atomic mass is 10.2. The van der Waals surface area contributed by atoms with E-state index >= 15 is 0 Å². The molecule has 0 fully saturated rings. The minimum Gasteiger partial charge on any atom is -0.368 e. The summed E-state index contributed by atoms with van der Waals surface area (Å²) in [6.07, 6.45) is 0. The number of aromatic nitrogens is 2. The van der Waals surface area contributed by atoms with E-state index in [1.54, 1.807) is 0 Å². The third-order valence-corrected chi connectivity index (χ3v) is 2.83. The summed E-state index contributed by atoms with van der Waals surface area (Å²) in [5.41, 5.74) is 8.21. The first-order valence-corrected chi connectivity index (χ1v) is 5.26. The molecule has 2 N–H and O–H groups in total. The van der Waals surface area contributed by atoms with Crippen molar-refractivity contribution in [3.63, 3.8) is 0 Å². The number of hydrogen-bond acceptors (Lipinski definition) is 4. The third kappa shape index (κ3) is 1.86. The molecule has 72 valence electrons. The van der Waals surface area contributed by atoms with Crippen molar-refractivity contribution in [3.05, 3.63) is 27.5 Å².